The second-order valence-corrected chi connectivity index (χ2v) is 5.89. The highest BCUT2D eigenvalue weighted by molar-refractivity contribution is 5.37. The van der Waals surface area contributed by atoms with Crippen LogP contribution < -0.4 is 5.32 Å². The Labute approximate surface area is 115 Å². The number of phenolic OH excluding ortho intramolecular Hbond substituents is 2. The summed E-state index contributed by atoms with van der Waals surface area (Å²) in [5.74, 6) is 0.936. The predicted molar refractivity (Wildman–Crippen MR) is 77.4 cm³/mol. The second-order valence-electron chi connectivity index (χ2n) is 5.89. The van der Waals surface area contributed by atoms with E-state index in [1.54, 1.807) is 12.1 Å². The van der Waals surface area contributed by atoms with E-state index in [-0.39, 0.29) is 17.5 Å². The van der Waals surface area contributed by atoms with Crippen molar-refractivity contribution in [3.05, 3.63) is 23.8 Å². The average molecular weight is 263 g/mol. The molecule has 0 radical (unpaired) electrons. The SMILES string of the molecule is CC(NC1CCCCCC1C)c1cc(O)cc(O)c1. The van der Waals surface area contributed by atoms with Crippen molar-refractivity contribution in [1.29, 1.82) is 0 Å². The molecule has 1 saturated carbocycles. The molecule has 1 fully saturated rings. The van der Waals surface area contributed by atoms with Crippen LogP contribution in [0, 0.1) is 5.92 Å². The zero-order valence-electron chi connectivity index (χ0n) is 11.9. The van der Waals surface area contributed by atoms with E-state index in [9.17, 15) is 10.2 Å². The van der Waals surface area contributed by atoms with Crippen molar-refractivity contribution in [1.82, 2.24) is 5.32 Å². The van der Waals surface area contributed by atoms with Crippen LogP contribution in [0.5, 0.6) is 11.5 Å². The molecule has 0 heterocycles. The van der Waals surface area contributed by atoms with Gasteiger partial charge < -0.3 is 15.5 Å². The lowest BCUT2D eigenvalue weighted by molar-refractivity contribution is 0.329. The zero-order valence-corrected chi connectivity index (χ0v) is 11.9. The highest BCUT2D eigenvalue weighted by Gasteiger charge is 2.21. The first-order valence-electron chi connectivity index (χ1n) is 7.35. The number of rotatable bonds is 3. The molecule has 19 heavy (non-hydrogen) atoms. The molecule has 0 saturated heterocycles. The van der Waals surface area contributed by atoms with Gasteiger partial charge >= 0.3 is 0 Å². The maximum Gasteiger partial charge on any atom is 0.119 e. The van der Waals surface area contributed by atoms with Crippen LogP contribution in [0.1, 0.15) is 57.6 Å². The van der Waals surface area contributed by atoms with Crippen molar-refractivity contribution in [2.75, 3.05) is 0 Å². The van der Waals surface area contributed by atoms with Crippen molar-refractivity contribution in [3.63, 3.8) is 0 Å². The van der Waals surface area contributed by atoms with E-state index in [1.807, 2.05) is 0 Å². The maximum atomic E-state index is 9.56. The first-order valence-corrected chi connectivity index (χ1v) is 7.35. The summed E-state index contributed by atoms with van der Waals surface area (Å²) in [6.45, 7) is 4.40. The number of phenols is 2. The summed E-state index contributed by atoms with van der Waals surface area (Å²) in [5, 5.41) is 22.8. The molecule has 1 aliphatic carbocycles. The van der Waals surface area contributed by atoms with Crippen molar-refractivity contribution >= 4 is 0 Å². The van der Waals surface area contributed by atoms with Crippen LogP contribution in [-0.4, -0.2) is 16.3 Å². The molecule has 3 unspecified atom stereocenters. The Morgan fingerprint density at radius 1 is 1.05 bits per heavy atom. The average Bonchev–Trinajstić information content (AvgIpc) is 2.54. The topological polar surface area (TPSA) is 52.5 Å². The van der Waals surface area contributed by atoms with Crippen LogP contribution in [0.4, 0.5) is 0 Å². The van der Waals surface area contributed by atoms with Gasteiger partial charge in [-0.05, 0) is 43.4 Å². The van der Waals surface area contributed by atoms with Crippen LogP contribution >= 0.6 is 0 Å². The molecular weight excluding hydrogens is 238 g/mol. The van der Waals surface area contributed by atoms with Crippen molar-refractivity contribution in [2.24, 2.45) is 5.92 Å². The van der Waals surface area contributed by atoms with E-state index in [2.05, 4.69) is 19.2 Å². The first kappa shape index (κ1) is 14.2. The third-order valence-corrected chi connectivity index (χ3v) is 4.25. The normalized spacial score (nSPS) is 25.8. The zero-order chi connectivity index (χ0) is 13.8. The van der Waals surface area contributed by atoms with Gasteiger partial charge in [0.1, 0.15) is 11.5 Å². The van der Waals surface area contributed by atoms with Gasteiger partial charge in [-0.3, -0.25) is 0 Å². The van der Waals surface area contributed by atoms with E-state index >= 15 is 0 Å². The molecule has 3 heteroatoms. The van der Waals surface area contributed by atoms with Crippen LogP contribution in [0.15, 0.2) is 18.2 Å². The Balaban J connectivity index is 2.04. The minimum atomic E-state index is 0.123. The van der Waals surface area contributed by atoms with Crippen LogP contribution in [-0.2, 0) is 0 Å². The predicted octanol–water partition coefficient (Wildman–Crippen LogP) is 3.72. The molecule has 3 atom stereocenters. The summed E-state index contributed by atoms with van der Waals surface area (Å²) in [5.41, 5.74) is 0.939. The summed E-state index contributed by atoms with van der Waals surface area (Å²) >= 11 is 0. The first-order chi connectivity index (χ1) is 9.06. The van der Waals surface area contributed by atoms with Crippen LogP contribution in [0.25, 0.3) is 0 Å². The largest absolute Gasteiger partial charge is 0.508 e. The van der Waals surface area contributed by atoms with Gasteiger partial charge in [0, 0.05) is 18.2 Å². The summed E-state index contributed by atoms with van der Waals surface area (Å²) in [4.78, 5) is 0. The Bertz CT molecular complexity index is 399. The fourth-order valence-electron chi connectivity index (χ4n) is 3.03. The summed E-state index contributed by atoms with van der Waals surface area (Å²) in [6.07, 6.45) is 6.47. The van der Waals surface area contributed by atoms with E-state index in [0.29, 0.717) is 12.0 Å². The molecule has 3 nitrogen and oxygen atoms in total. The van der Waals surface area contributed by atoms with E-state index in [4.69, 9.17) is 0 Å². The Morgan fingerprint density at radius 3 is 2.37 bits per heavy atom. The standard InChI is InChI=1S/C16H25NO2/c1-11-6-4-3-5-7-16(11)17-12(2)13-8-14(18)10-15(19)9-13/h8-12,16-19H,3-7H2,1-2H3. The lowest BCUT2D eigenvalue weighted by Crippen LogP contribution is -2.36. The third kappa shape index (κ3) is 3.87. The molecule has 1 aliphatic rings. The molecule has 1 aromatic carbocycles. The fraction of sp³-hybridized carbons (Fsp3) is 0.625. The molecule has 0 amide bonds. The Kier molecular flexibility index (Phi) is 4.70. The fourth-order valence-corrected chi connectivity index (χ4v) is 3.03. The smallest absolute Gasteiger partial charge is 0.119 e. The number of nitrogens with one attached hydrogen (secondary N) is 1. The number of benzene rings is 1. The van der Waals surface area contributed by atoms with Gasteiger partial charge in [0.05, 0.1) is 0 Å². The molecular formula is C16H25NO2. The molecule has 0 aliphatic heterocycles. The lowest BCUT2D eigenvalue weighted by atomic mass is 9.95. The summed E-state index contributed by atoms with van der Waals surface area (Å²) in [6, 6.07) is 5.48. The third-order valence-electron chi connectivity index (χ3n) is 4.25. The molecule has 2 rings (SSSR count). The number of aromatic hydroxyl groups is 2. The highest BCUT2D eigenvalue weighted by atomic mass is 16.3. The summed E-state index contributed by atoms with van der Waals surface area (Å²) < 4.78 is 0. The van der Waals surface area contributed by atoms with Gasteiger partial charge in [0.15, 0.2) is 0 Å². The molecule has 0 aromatic heterocycles. The highest BCUT2D eigenvalue weighted by Crippen LogP contribution is 2.28. The quantitative estimate of drug-likeness (QED) is 0.729. The number of hydrogen-bond donors (Lipinski definition) is 3. The van der Waals surface area contributed by atoms with Gasteiger partial charge in [0.25, 0.3) is 0 Å². The Morgan fingerprint density at radius 2 is 1.68 bits per heavy atom. The molecule has 106 valence electrons. The molecule has 0 bridgehead atoms. The van der Waals surface area contributed by atoms with Gasteiger partial charge in [-0.1, -0.05) is 26.2 Å². The van der Waals surface area contributed by atoms with Crippen molar-refractivity contribution in [3.8, 4) is 11.5 Å². The summed E-state index contributed by atoms with van der Waals surface area (Å²) in [7, 11) is 0. The van der Waals surface area contributed by atoms with E-state index in [0.717, 1.165) is 5.56 Å². The molecule has 3 N–H and O–H groups in total. The van der Waals surface area contributed by atoms with Gasteiger partial charge in [-0.15, -0.1) is 0 Å². The minimum Gasteiger partial charge on any atom is -0.508 e. The maximum absolute atomic E-state index is 9.56. The van der Waals surface area contributed by atoms with Gasteiger partial charge in [-0.2, -0.15) is 0 Å². The van der Waals surface area contributed by atoms with E-state index < -0.39 is 0 Å². The molecule has 1 aromatic rings. The van der Waals surface area contributed by atoms with Crippen molar-refractivity contribution < 1.29 is 10.2 Å². The van der Waals surface area contributed by atoms with Gasteiger partial charge in [-0.25, -0.2) is 0 Å². The number of hydrogen-bond acceptors (Lipinski definition) is 3. The van der Waals surface area contributed by atoms with E-state index in [1.165, 1.54) is 38.2 Å². The minimum absolute atomic E-state index is 0.123. The Hall–Kier alpha value is -1.22. The van der Waals surface area contributed by atoms with Gasteiger partial charge in [0.2, 0.25) is 0 Å². The lowest BCUT2D eigenvalue weighted by Gasteiger charge is -2.27. The second kappa shape index (κ2) is 6.29. The van der Waals surface area contributed by atoms with Crippen LogP contribution in [0.3, 0.4) is 0 Å². The van der Waals surface area contributed by atoms with Crippen LogP contribution in [0.2, 0.25) is 0 Å². The molecule has 0 spiro atoms. The monoisotopic (exact) mass is 263 g/mol. The van der Waals surface area contributed by atoms with Crippen molar-refractivity contribution in [2.45, 2.75) is 58.0 Å².